The molecule has 1 N–H and O–H groups in total. The normalized spacial score (nSPS) is 18.7. The predicted molar refractivity (Wildman–Crippen MR) is 76.1 cm³/mol. The summed E-state index contributed by atoms with van der Waals surface area (Å²) >= 11 is 0. The summed E-state index contributed by atoms with van der Waals surface area (Å²) in [5.74, 6) is 0.411. The summed E-state index contributed by atoms with van der Waals surface area (Å²) < 4.78 is 43.7. The number of halogens is 3. The highest BCUT2D eigenvalue weighted by Gasteiger charge is 2.32. The first kappa shape index (κ1) is 16.3. The molecule has 0 amide bonds. The van der Waals surface area contributed by atoms with Crippen LogP contribution in [0.4, 0.5) is 13.2 Å². The number of rotatable bonds is 4. The number of aryl methyl sites for hydroxylation is 1. The van der Waals surface area contributed by atoms with Crippen molar-refractivity contribution >= 4 is 0 Å². The Kier molecular flexibility index (Phi) is 5.27. The molecule has 1 atom stereocenters. The Hall–Kier alpha value is -1.07. The number of nitrogens with one attached hydrogen (secondary N) is 1. The average Bonchev–Trinajstić information content (AvgIpc) is 2.45. The lowest BCUT2D eigenvalue weighted by atomic mass is 9.85. The number of hydrogen-bond acceptors (Lipinski definition) is 2. The predicted octanol–water partition coefficient (Wildman–Crippen LogP) is 4.09. The van der Waals surface area contributed by atoms with Gasteiger partial charge in [-0.15, -0.1) is 0 Å². The van der Waals surface area contributed by atoms with Gasteiger partial charge in [-0.2, -0.15) is 13.2 Å². The lowest BCUT2D eigenvalue weighted by molar-refractivity contribution is -0.137. The van der Waals surface area contributed by atoms with Crippen LogP contribution in [-0.4, -0.2) is 19.8 Å². The summed E-state index contributed by atoms with van der Waals surface area (Å²) in [5, 5.41) is 3.43. The molecule has 0 saturated carbocycles. The van der Waals surface area contributed by atoms with E-state index in [1.54, 1.807) is 13.0 Å². The van der Waals surface area contributed by atoms with Gasteiger partial charge in [0.25, 0.3) is 0 Å². The summed E-state index contributed by atoms with van der Waals surface area (Å²) in [7, 11) is 0. The zero-order valence-corrected chi connectivity index (χ0v) is 12.5. The van der Waals surface area contributed by atoms with Gasteiger partial charge in [-0.25, -0.2) is 0 Å². The lowest BCUT2D eigenvalue weighted by Gasteiger charge is -2.32. The van der Waals surface area contributed by atoms with E-state index in [0.29, 0.717) is 11.5 Å². The molecule has 118 valence electrons. The lowest BCUT2D eigenvalue weighted by Crippen LogP contribution is -2.32. The van der Waals surface area contributed by atoms with Crippen molar-refractivity contribution in [2.45, 2.75) is 38.9 Å². The molecular weight excluding hydrogens is 279 g/mol. The zero-order chi connectivity index (χ0) is 15.5. The van der Waals surface area contributed by atoms with Crippen LogP contribution in [0.1, 0.15) is 42.5 Å². The molecule has 1 aromatic rings. The Morgan fingerprint density at radius 1 is 1.29 bits per heavy atom. The van der Waals surface area contributed by atoms with Crippen molar-refractivity contribution in [1.82, 2.24) is 5.32 Å². The summed E-state index contributed by atoms with van der Waals surface area (Å²) in [6.45, 7) is 6.03. The molecule has 0 aromatic heterocycles. The van der Waals surface area contributed by atoms with E-state index in [1.807, 2.05) is 6.92 Å². The van der Waals surface area contributed by atoms with Gasteiger partial charge in [0, 0.05) is 19.3 Å². The van der Waals surface area contributed by atoms with E-state index in [2.05, 4.69) is 5.32 Å². The van der Waals surface area contributed by atoms with Crippen LogP contribution in [0.15, 0.2) is 18.2 Å². The minimum atomic E-state index is -4.28. The van der Waals surface area contributed by atoms with Gasteiger partial charge in [0.05, 0.1) is 5.56 Å². The van der Waals surface area contributed by atoms with E-state index >= 15 is 0 Å². The van der Waals surface area contributed by atoms with Crippen LogP contribution in [0.2, 0.25) is 0 Å². The van der Waals surface area contributed by atoms with Crippen molar-refractivity contribution in [1.29, 1.82) is 0 Å². The second kappa shape index (κ2) is 6.79. The monoisotopic (exact) mass is 301 g/mol. The molecule has 21 heavy (non-hydrogen) atoms. The summed E-state index contributed by atoms with van der Waals surface area (Å²) in [5.41, 5.74) is 1.09. The maximum Gasteiger partial charge on any atom is 0.416 e. The maximum absolute atomic E-state index is 12.8. The molecule has 0 radical (unpaired) electrons. The Balaban J connectivity index is 2.27. The van der Waals surface area contributed by atoms with Gasteiger partial charge in [0.1, 0.15) is 0 Å². The second-order valence-electron chi connectivity index (χ2n) is 5.55. The SMILES string of the molecule is CCNC(c1ccc(C(F)(F)F)cc1C)C1CCOCC1. The average molecular weight is 301 g/mol. The first-order valence-corrected chi connectivity index (χ1v) is 7.42. The van der Waals surface area contributed by atoms with Crippen LogP contribution < -0.4 is 5.32 Å². The highest BCUT2D eigenvalue weighted by Crippen LogP contribution is 2.35. The number of benzene rings is 1. The molecule has 0 spiro atoms. The highest BCUT2D eigenvalue weighted by molar-refractivity contribution is 5.35. The molecule has 1 unspecified atom stereocenters. The molecule has 2 rings (SSSR count). The largest absolute Gasteiger partial charge is 0.416 e. The third-order valence-corrected chi connectivity index (χ3v) is 4.09. The molecule has 1 fully saturated rings. The molecular formula is C16H22F3NO. The Labute approximate surface area is 123 Å². The molecule has 5 heteroatoms. The molecule has 1 saturated heterocycles. The van der Waals surface area contributed by atoms with Gasteiger partial charge in [-0.1, -0.05) is 13.0 Å². The maximum atomic E-state index is 12.8. The first-order valence-electron chi connectivity index (χ1n) is 7.42. The fraction of sp³-hybridized carbons (Fsp3) is 0.625. The van der Waals surface area contributed by atoms with E-state index in [-0.39, 0.29) is 6.04 Å². The highest BCUT2D eigenvalue weighted by atomic mass is 19.4. The quantitative estimate of drug-likeness (QED) is 0.904. The van der Waals surface area contributed by atoms with Crippen molar-refractivity contribution < 1.29 is 17.9 Å². The van der Waals surface area contributed by atoms with Crippen molar-refractivity contribution in [3.05, 3.63) is 34.9 Å². The van der Waals surface area contributed by atoms with Crippen LogP contribution >= 0.6 is 0 Å². The van der Waals surface area contributed by atoms with Crippen LogP contribution in [0, 0.1) is 12.8 Å². The van der Waals surface area contributed by atoms with E-state index in [9.17, 15) is 13.2 Å². The Morgan fingerprint density at radius 2 is 1.95 bits per heavy atom. The number of hydrogen-bond donors (Lipinski definition) is 1. The smallest absolute Gasteiger partial charge is 0.381 e. The minimum absolute atomic E-state index is 0.0983. The summed E-state index contributed by atoms with van der Waals surface area (Å²) in [6, 6.07) is 4.16. The molecule has 1 aliphatic heterocycles. The van der Waals surface area contributed by atoms with Gasteiger partial charge < -0.3 is 10.1 Å². The standard InChI is InChI=1S/C16H22F3NO/c1-3-20-15(12-6-8-21-9-7-12)14-5-4-13(10-11(14)2)16(17,18)19/h4-5,10,12,15,20H,3,6-9H2,1-2H3. The minimum Gasteiger partial charge on any atom is -0.381 e. The molecule has 1 aromatic carbocycles. The van der Waals surface area contributed by atoms with Gasteiger partial charge in [0.15, 0.2) is 0 Å². The van der Waals surface area contributed by atoms with Crippen molar-refractivity contribution in [2.24, 2.45) is 5.92 Å². The van der Waals surface area contributed by atoms with E-state index in [4.69, 9.17) is 4.74 Å². The molecule has 0 aliphatic carbocycles. The summed E-state index contributed by atoms with van der Waals surface area (Å²) in [6.07, 6.45) is -2.40. The van der Waals surface area contributed by atoms with E-state index < -0.39 is 11.7 Å². The molecule has 2 nitrogen and oxygen atoms in total. The van der Waals surface area contributed by atoms with E-state index in [1.165, 1.54) is 12.1 Å². The third kappa shape index (κ3) is 3.98. The van der Waals surface area contributed by atoms with Gasteiger partial charge in [-0.05, 0) is 55.5 Å². The number of alkyl halides is 3. The fourth-order valence-electron chi connectivity index (χ4n) is 3.00. The Morgan fingerprint density at radius 3 is 2.48 bits per heavy atom. The van der Waals surface area contributed by atoms with Crippen molar-refractivity contribution in [3.8, 4) is 0 Å². The Bertz CT molecular complexity index is 467. The summed E-state index contributed by atoms with van der Waals surface area (Å²) in [4.78, 5) is 0. The number of ether oxygens (including phenoxy) is 1. The van der Waals surface area contributed by atoms with Crippen LogP contribution in [-0.2, 0) is 10.9 Å². The van der Waals surface area contributed by atoms with Crippen LogP contribution in [0.5, 0.6) is 0 Å². The molecule has 1 aliphatic rings. The van der Waals surface area contributed by atoms with Crippen molar-refractivity contribution in [3.63, 3.8) is 0 Å². The van der Waals surface area contributed by atoms with Crippen LogP contribution in [0.25, 0.3) is 0 Å². The fourth-order valence-corrected chi connectivity index (χ4v) is 3.00. The zero-order valence-electron chi connectivity index (χ0n) is 12.5. The van der Waals surface area contributed by atoms with Gasteiger partial charge in [-0.3, -0.25) is 0 Å². The van der Waals surface area contributed by atoms with Crippen LogP contribution in [0.3, 0.4) is 0 Å². The topological polar surface area (TPSA) is 21.3 Å². The van der Waals surface area contributed by atoms with Crippen molar-refractivity contribution in [2.75, 3.05) is 19.8 Å². The van der Waals surface area contributed by atoms with Gasteiger partial charge >= 0.3 is 6.18 Å². The molecule has 0 bridgehead atoms. The third-order valence-electron chi connectivity index (χ3n) is 4.09. The second-order valence-corrected chi connectivity index (χ2v) is 5.55. The van der Waals surface area contributed by atoms with Gasteiger partial charge in [0.2, 0.25) is 0 Å². The molecule has 1 heterocycles. The first-order chi connectivity index (χ1) is 9.93. The van der Waals surface area contributed by atoms with E-state index in [0.717, 1.165) is 38.2 Å².